The molecule has 1 aliphatic heterocycles. The van der Waals surface area contributed by atoms with Crippen LogP contribution in [-0.4, -0.2) is 50.8 Å². The Hall–Kier alpha value is -3.87. The molecule has 3 aromatic rings. The van der Waals surface area contributed by atoms with Gasteiger partial charge in [0, 0.05) is 31.5 Å². The normalized spacial score (nSPS) is 13.7. The molecule has 1 heterocycles. The van der Waals surface area contributed by atoms with E-state index in [1.165, 1.54) is 0 Å². The molecule has 1 fully saturated rings. The summed E-state index contributed by atoms with van der Waals surface area (Å²) in [5, 5.41) is 0. The molecule has 3 aromatic carbocycles. The van der Waals surface area contributed by atoms with Gasteiger partial charge in [0.1, 0.15) is 12.7 Å². The number of amides is 1. The second-order valence-corrected chi connectivity index (χ2v) is 8.47. The van der Waals surface area contributed by atoms with Crippen molar-refractivity contribution in [1.82, 2.24) is 4.90 Å². The number of methoxy groups -OCH3 is 2. The number of benzene rings is 3. The maximum Gasteiger partial charge on any atom is 0.254 e. The fraction of sp³-hybridized carbons (Fsp3) is 0.345. The molecule has 0 N–H and O–H groups in total. The highest BCUT2D eigenvalue weighted by molar-refractivity contribution is 5.95. The fourth-order valence-corrected chi connectivity index (χ4v) is 4.24. The highest BCUT2D eigenvalue weighted by Gasteiger charge is 2.27. The maximum atomic E-state index is 13.3. The molecule has 36 heavy (non-hydrogen) atoms. The third-order valence-corrected chi connectivity index (χ3v) is 6.11. The summed E-state index contributed by atoms with van der Waals surface area (Å²) < 4.78 is 29.0. The zero-order chi connectivity index (χ0) is 25.3. The Morgan fingerprint density at radius 2 is 1.44 bits per heavy atom. The quantitative estimate of drug-likeness (QED) is 0.380. The SMILES string of the molecule is CCOc1ccccc1OC1CCN(C(=O)c2cc(OC)c(OCc3ccccc3)c(OC)c2)CC1. The van der Waals surface area contributed by atoms with Crippen LogP contribution in [0, 0.1) is 0 Å². The highest BCUT2D eigenvalue weighted by Crippen LogP contribution is 2.39. The van der Waals surface area contributed by atoms with Crippen molar-refractivity contribution >= 4 is 5.91 Å². The van der Waals surface area contributed by atoms with Crippen LogP contribution in [0.1, 0.15) is 35.7 Å². The van der Waals surface area contributed by atoms with E-state index in [-0.39, 0.29) is 12.0 Å². The molecule has 7 heteroatoms. The number of piperidine rings is 1. The van der Waals surface area contributed by atoms with E-state index < -0.39 is 0 Å². The van der Waals surface area contributed by atoms with E-state index in [4.69, 9.17) is 23.7 Å². The van der Waals surface area contributed by atoms with Crippen LogP contribution < -0.4 is 23.7 Å². The lowest BCUT2D eigenvalue weighted by atomic mass is 10.1. The predicted octanol–water partition coefficient (Wildman–Crippen LogP) is 5.37. The molecule has 7 nitrogen and oxygen atoms in total. The van der Waals surface area contributed by atoms with Gasteiger partial charge in [-0.25, -0.2) is 0 Å². The van der Waals surface area contributed by atoms with Gasteiger partial charge in [-0.3, -0.25) is 4.79 Å². The van der Waals surface area contributed by atoms with Gasteiger partial charge in [0.05, 0.1) is 20.8 Å². The van der Waals surface area contributed by atoms with Gasteiger partial charge >= 0.3 is 0 Å². The van der Waals surface area contributed by atoms with Crippen LogP contribution in [0.3, 0.4) is 0 Å². The van der Waals surface area contributed by atoms with Crippen LogP contribution in [0.25, 0.3) is 0 Å². The smallest absolute Gasteiger partial charge is 0.254 e. The molecular weight excluding hydrogens is 458 g/mol. The maximum absolute atomic E-state index is 13.3. The summed E-state index contributed by atoms with van der Waals surface area (Å²) in [6.07, 6.45) is 1.49. The zero-order valence-electron chi connectivity index (χ0n) is 21.1. The van der Waals surface area contributed by atoms with Crippen LogP contribution >= 0.6 is 0 Å². The average Bonchev–Trinajstić information content (AvgIpc) is 2.93. The first-order valence-electron chi connectivity index (χ1n) is 12.2. The molecule has 0 bridgehead atoms. The molecule has 0 aromatic heterocycles. The molecule has 4 rings (SSSR count). The van der Waals surface area contributed by atoms with E-state index in [9.17, 15) is 4.79 Å². The van der Waals surface area contributed by atoms with Crippen LogP contribution in [0.4, 0.5) is 0 Å². The Morgan fingerprint density at radius 3 is 2.06 bits per heavy atom. The summed E-state index contributed by atoms with van der Waals surface area (Å²) in [7, 11) is 3.11. The molecular formula is C29H33NO6. The average molecular weight is 492 g/mol. The molecule has 0 atom stereocenters. The minimum absolute atomic E-state index is 0.0218. The molecule has 0 radical (unpaired) electrons. The second-order valence-electron chi connectivity index (χ2n) is 8.47. The second kappa shape index (κ2) is 12.2. The van der Waals surface area contributed by atoms with Crippen LogP contribution in [0.2, 0.25) is 0 Å². The molecule has 190 valence electrons. The fourth-order valence-electron chi connectivity index (χ4n) is 4.24. The minimum Gasteiger partial charge on any atom is -0.493 e. The third-order valence-electron chi connectivity index (χ3n) is 6.11. The van der Waals surface area contributed by atoms with Gasteiger partial charge in [0.2, 0.25) is 5.75 Å². The number of hydrogen-bond acceptors (Lipinski definition) is 6. The number of likely N-dealkylation sites (tertiary alicyclic amines) is 1. The molecule has 1 saturated heterocycles. The summed E-state index contributed by atoms with van der Waals surface area (Å²) in [4.78, 5) is 15.2. The Kier molecular flexibility index (Phi) is 8.55. The first kappa shape index (κ1) is 25.2. The Morgan fingerprint density at radius 1 is 0.833 bits per heavy atom. The molecule has 0 spiro atoms. The van der Waals surface area contributed by atoms with Crippen LogP contribution in [0.5, 0.6) is 28.7 Å². The van der Waals surface area contributed by atoms with Gasteiger partial charge in [0.15, 0.2) is 23.0 Å². The van der Waals surface area contributed by atoms with Crippen molar-refractivity contribution in [2.45, 2.75) is 32.5 Å². The number of nitrogens with zero attached hydrogens (tertiary/aromatic N) is 1. The summed E-state index contributed by atoms with van der Waals surface area (Å²) >= 11 is 0. The first-order valence-corrected chi connectivity index (χ1v) is 12.2. The van der Waals surface area contributed by atoms with Crippen molar-refractivity contribution in [3.63, 3.8) is 0 Å². The van der Waals surface area contributed by atoms with E-state index >= 15 is 0 Å². The van der Waals surface area contributed by atoms with Gasteiger partial charge in [0.25, 0.3) is 5.91 Å². The Bertz CT molecular complexity index is 1120. The van der Waals surface area contributed by atoms with Crippen molar-refractivity contribution in [3.8, 4) is 28.7 Å². The van der Waals surface area contributed by atoms with Gasteiger partial charge < -0.3 is 28.6 Å². The van der Waals surface area contributed by atoms with Crippen LogP contribution in [0.15, 0.2) is 66.7 Å². The van der Waals surface area contributed by atoms with Gasteiger partial charge in [-0.05, 0) is 36.8 Å². The van der Waals surface area contributed by atoms with E-state index in [2.05, 4.69) is 0 Å². The molecule has 0 aliphatic carbocycles. The lowest BCUT2D eigenvalue weighted by molar-refractivity contribution is 0.0588. The van der Waals surface area contributed by atoms with E-state index in [0.29, 0.717) is 49.1 Å². The van der Waals surface area contributed by atoms with Crippen molar-refractivity contribution in [2.75, 3.05) is 33.9 Å². The Balaban J connectivity index is 1.41. The standard InChI is InChI=1S/C29H33NO6/c1-4-34-24-12-8-9-13-25(24)36-23-14-16-30(17-15-23)29(31)22-18-26(32-2)28(27(19-22)33-3)35-20-21-10-6-5-7-11-21/h5-13,18-19,23H,4,14-17,20H2,1-3H3. The number of ether oxygens (including phenoxy) is 5. The van der Waals surface area contributed by atoms with E-state index in [1.807, 2.05) is 66.4 Å². The first-order chi connectivity index (χ1) is 17.6. The molecule has 1 amide bonds. The summed E-state index contributed by atoms with van der Waals surface area (Å²) in [5.41, 5.74) is 1.52. The van der Waals surface area contributed by atoms with Crippen molar-refractivity contribution < 1.29 is 28.5 Å². The number of rotatable bonds is 10. The Labute approximate surface area is 212 Å². The summed E-state index contributed by atoms with van der Waals surface area (Å²) in [6.45, 7) is 4.08. The highest BCUT2D eigenvalue weighted by atomic mass is 16.5. The third kappa shape index (κ3) is 6.03. The number of para-hydroxylation sites is 2. The number of hydrogen-bond donors (Lipinski definition) is 0. The predicted molar refractivity (Wildman–Crippen MR) is 137 cm³/mol. The zero-order valence-corrected chi connectivity index (χ0v) is 21.1. The van der Waals surface area contributed by atoms with Gasteiger partial charge in [-0.2, -0.15) is 0 Å². The number of carbonyl (C=O) groups is 1. The van der Waals surface area contributed by atoms with Crippen molar-refractivity contribution in [3.05, 3.63) is 77.9 Å². The molecule has 1 aliphatic rings. The minimum atomic E-state index is -0.0747. The molecule has 0 saturated carbocycles. The van der Waals surface area contributed by atoms with Gasteiger partial charge in [-0.1, -0.05) is 42.5 Å². The lowest BCUT2D eigenvalue weighted by Gasteiger charge is -2.32. The monoisotopic (exact) mass is 491 g/mol. The largest absolute Gasteiger partial charge is 0.493 e. The van der Waals surface area contributed by atoms with Gasteiger partial charge in [-0.15, -0.1) is 0 Å². The number of carbonyl (C=O) groups excluding carboxylic acids is 1. The van der Waals surface area contributed by atoms with E-state index in [1.54, 1.807) is 26.4 Å². The van der Waals surface area contributed by atoms with E-state index in [0.717, 1.165) is 29.9 Å². The topological polar surface area (TPSA) is 66.5 Å². The lowest BCUT2D eigenvalue weighted by Crippen LogP contribution is -2.41. The molecule has 0 unspecified atom stereocenters. The summed E-state index contributed by atoms with van der Waals surface area (Å²) in [5.74, 6) is 2.80. The van der Waals surface area contributed by atoms with Crippen molar-refractivity contribution in [1.29, 1.82) is 0 Å². The summed E-state index contributed by atoms with van der Waals surface area (Å²) in [6, 6.07) is 21.0. The van der Waals surface area contributed by atoms with Crippen molar-refractivity contribution in [2.24, 2.45) is 0 Å². The van der Waals surface area contributed by atoms with Crippen LogP contribution in [-0.2, 0) is 6.61 Å².